The molecule has 4 heteroatoms. The van der Waals surface area contributed by atoms with E-state index in [4.69, 9.17) is 0 Å². The lowest BCUT2D eigenvalue weighted by Gasteiger charge is -2.32. The van der Waals surface area contributed by atoms with Crippen LogP contribution >= 0.6 is 0 Å². The van der Waals surface area contributed by atoms with Gasteiger partial charge in [-0.15, -0.1) is 0 Å². The van der Waals surface area contributed by atoms with E-state index in [0.717, 1.165) is 23.7 Å². The molecule has 3 nitrogen and oxygen atoms in total. The van der Waals surface area contributed by atoms with Crippen LogP contribution in [-0.2, 0) is 7.05 Å². The first-order valence-electron chi connectivity index (χ1n) is 9.15. The maximum absolute atomic E-state index is 13.7. The Morgan fingerprint density at radius 1 is 1.08 bits per heavy atom. The average Bonchev–Trinajstić information content (AvgIpc) is 3.06. The van der Waals surface area contributed by atoms with E-state index in [0.29, 0.717) is 17.8 Å². The van der Waals surface area contributed by atoms with Crippen molar-refractivity contribution in [2.45, 2.75) is 44.4 Å². The number of aromatic nitrogens is 3. The predicted octanol–water partition coefficient (Wildman–Crippen LogP) is 5.18. The topological polar surface area (TPSA) is 30.7 Å². The lowest BCUT2D eigenvalue weighted by atomic mass is 9.73. The Morgan fingerprint density at radius 2 is 1.88 bits per heavy atom. The van der Waals surface area contributed by atoms with Crippen LogP contribution in [0.15, 0.2) is 42.9 Å². The quantitative estimate of drug-likeness (QED) is 0.659. The number of nitrogens with zero attached hydrogens (tertiary/aromatic N) is 3. The van der Waals surface area contributed by atoms with E-state index in [1.54, 1.807) is 12.1 Å². The van der Waals surface area contributed by atoms with Gasteiger partial charge in [-0.1, -0.05) is 6.92 Å². The second-order valence-electron chi connectivity index (χ2n) is 7.36. The van der Waals surface area contributed by atoms with Gasteiger partial charge in [0.1, 0.15) is 11.6 Å². The Hall–Kier alpha value is -2.23. The fourth-order valence-electron chi connectivity index (χ4n) is 4.45. The molecule has 2 heterocycles. The summed E-state index contributed by atoms with van der Waals surface area (Å²) in [5.74, 6) is 2.64. The van der Waals surface area contributed by atoms with Crippen LogP contribution in [0.4, 0.5) is 4.39 Å². The summed E-state index contributed by atoms with van der Waals surface area (Å²) in [5, 5.41) is 0.975. The summed E-state index contributed by atoms with van der Waals surface area (Å²) in [5.41, 5.74) is 2.15. The van der Waals surface area contributed by atoms with Gasteiger partial charge in [0.05, 0.1) is 5.52 Å². The van der Waals surface area contributed by atoms with Gasteiger partial charge in [0, 0.05) is 36.9 Å². The van der Waals surface area contributed by atoms with Crippen molar-refractivity contribution in [3.8, 4) is 0 Å². The lowest BCUT2D eigenvalue weighted by molar-refractivity contribution is 0.283. The van der Waals surface area contributed by atoms with Gasteiger partial charge in [-0.2, -0.15) is 0 Å². The monoisotopic (exact) mass is 337 g/mol. The zero-order valence-corrected chi connectivity index (χ0v) is 14.8. The van der Waals surface area contributed by atoms with Gasteiger partial charge in [-0.05, 0) is 67.3 Å². The first-order valence-corrected chi connectivity index (χ1v) is 9.15. The van der Waals surface area contributed by atoms with Crippen molar-refractivity contribution >= 4 is 10.9 Å². The predicted molar refractivity (Wildman–Crippen MR) is 98.0 cm³/mol. The van der Waals surface area contributed by atoms with Gasteiger partial charge in [0.15, 0.2) is 0 Å². The third kappa shape index (κ3) is 3.06. The van der Waals surface area contributed by atoms with E-state index < -0.39 is 0 Å². The highest BCUT2D eigenvalue weighted by atomic mass is 19.1. The third-order valence-corrected chi connectivity index (χ3v) is 5.92. The number of imidazole rings is 1. The van der Waals surface area contributed by atoms with Crippen molar-refractivity contribution in [1.82, 2.24) is 14.5 Å². The second kappa shape index (κ2) is 6.58. The van der Waals surface area contributed by atoms with Gasteiger partial charge in [-0.3, -0.25) is 4.98 Å². The largest absolute Gasteiger partial charge is 0.338 e. The minimum atomic E-state index is -0.182. The molecule has 1 unspecified atom stereocenters. The van der Waals surface area contributed by atoms with E-state index in [2.05, 4.69) is 34.6 Å². The molecule has 4 rings (SSSR count). The van der Waals surface area contributed by atoms with Crippen LogP contribution in [0.1, 0.15) is 55.8 Å². The summed E-state index contributed by atoms with van der Waals surface area (Å²) in [6.07, 6.45) is 10.4. The van der Waals surface area contributed by atoms with Crippen molar-refractivity contribution in [3.63, 3.8) is 0 Å². The number of hydrogen-bond acceptors (Lipinski definition) is 2. The first kappa shape index (κ1) is 16.2. The SMILES string of the molecule is CC(c1nccn1C)[C@H]1CC[C@@H](c2ccnc3ccc(F)cc32)CC1. The van der Waals surface area contributed by atoms with Gasteiger partial charge in [0.2, 0.25) is 0 Å². The highest BCUT2D eigenvalue weighted by Gasteiger charge is 2.29. The van der Waals surface area contributed by atoms with E-state index >= 15 is 0 Å². The van der Waals surface area contributed by atoms with Crippen LogP contribution in [0.25, 0.3) is 10.9 Å². The molecule has 1 aliphatic rings. The number of aryl methyl sites for hydroxylation is 1. The summed E-state index contributed by atoms with van der Waals surface area (Å²) in [6, 6.07) is 6.99. The average molecular weight is 337 g/mol. The van der Waals surface area contributed by atoms with Crippen molar-refractivity contribution < 1.29 is 4.39 Å². The van der Waals surface area contributed by atoms with Gasteiger partial charge in [0.25, 0.3) is 0 Å². The molecule has 1 aliphatic carbocycles. The van der Waals surface area contributed by atoms with E-state index in [1.165, 1.54) is 30.3 Å². The van der Waals surface area contributed by atoms with Crippen molar-refractivity contribution in [3.05, 3.63) is 60.1 Å². The maximum atomic E-state index is 13.7. The molecular formula is C21H24FN3. The van der Waals surface area contributed by atoms with Crippen LogP contribution in [-0.4, -0.2) is 14.5 Å². The van der Waals surface area contributed by atoms with Gasteiger partial charge < -0.3 is 4.57 Å². The third-order valence-electron chi connectivity index (χ3n) is 5.92. The van der Waals surface area contributed by atoms with Crippen LogP contribution in [0, 0.1) is 11.7 Å². The Balaban J connectivity index is 1.53. The van der Waals surface area contributed by atoms with Crippen LogP contribution in [0.3, 0.4) is 0 Å². The first-order chi connectivity index (χ1) is 12.1. The normalized spacial score (nSPS) is 22.2. The smallest absolute Gasteiger partial charge is 0.123 e. The summed E-state index contributed by atoms with van der Waals surface area (Å²) in [4.78, 5) is 8.92. The molecule has 0 bridgehead atoms. The second-order valence-corrected chi connectivity index (χ2v) is 7.36. The molecule has 25 heavy (non-hydrogen) atoms. The lowest BCUT2D eigenvalue weighted by Crippen LogP contribution is -2.20. The highest BCUT2D eigenvalue weighted by molar-refractivity contribution is 5.82. The number of benzene rings is 1. The molecular weight excluding hydrogens is 313 g/mol. The van der Waals surface area contributed by atoms with Crippen molar-refractivity contribution in [1.29, 1.82) is 0 Å². The zero-order chi connectivity index (χ0) is 17.4. The van der Waals surface area contributed by atoms with E-state index in [9.17, 15) is 4.39 Å². The van der Waals surface area contributed by atoms with E-state index in [1.807, 2.05) is 18.6 Å². The summed E-state index contributed by atoms with van der Waals surface area (Å²) < 4.78 is 15.8. The number of halogens is 1. The molecule has 1 fully saturated rings. The fraction of sp³-hybridized carbons (Fsp3) is 0.429. The summed E-state index contributed by atoms with van der Waals surface area (Å²) in [7, 11) is 2.07. The highest BCUT2D eigenvalue weighted by Crippen LogP contribution is 2.42. The Kier molecular flexibility index (Phi) is 4.28. The molecule has 0 radical (unpaired) electrons. The number of rotatable bonds is 3. The molecule has 0 aliphatic heterocycles. The molecule has 3 aromatic rings. The number of hydrogen-bond donors (Lipinski definition) is 0. The van der Waals surface area contributed by atoms with Crippen LogP contribution in [0.2, 0.25) is 0 Å². The van der Waals surface area contributed by atoms with E-state index in [-0.39, 0.29) is 5.82 Å². The number of fused-ring (bicyclic) bond motifs is 1. The standard InChI is InChI=1S/C21H24FN3/c1-14(21-24-11-12-25(21)2)15-3-5-16(6-4-15)18-9-10-23-20-8-7-17(22)13-19(18)20/h7-16H,3-6H2,1-2H3/t14?,15-,16+. The fourth-order valence-corrected chi connectivity index (χ4v) is 4.45. The molecule has 1 saturated carbocycles. The van der Waals surface area contributed by atoms with Gasteiger partial charge in [-0.25, -0.2) is 9.37 Å². The minimum Gasteiger partial charge on any atom is -0.338 e. The Labute approximate surface area is 147 Å². The summed E-state index contributed by atoms with van der Waals surface area (Å²) >= 11 is 0. The minimum absolute atomic E-state index is 0.182. The van der Waals surface area contributed by atoms with Gasteiger partial charge >= 0.3 is 0 Å². The molecule has 2 aromatic heterocycles. The van der Waals surface area contributed by atoms with Crippen molar-refractivity contribution in [2.75, 3.05) is 0 Å². The molecule has 1 atom stereocenters. The van der Waals surface area contributed by atoms with Crippen LogP contribution in [0.5, 0.6) is 0 Å². The molecule has 0 saturated heterocycles. The van der Waals surface area contributed by atoms with Crippen molar-refractivity contribution in [2.24, 2.45) is 13.0 Å². The molecule has 0 amide bonds. The summed E-state index contributed by atoms with van der Waals surface area (Å²) in [6.45, 7) is 2.30. The maximum Gasteiger partial charge on any atom is 0.123 e. The number of pyridine rings is 1. The molecule has 130 valence electrons. The molecule has 0 spiro atoms. The zero-order valence-electron chi connectivity index (χ0n) is 14.8. The Bertz CT molecular complexity index is 878. The molecule has 0 N–H and O–H groups in total. The molecule has 1 aromatic carbocycles. The Morgan fingerprint density at radius 3 is 2.60 bits per heavy atom. The van der Waals surface area contributed by atoms with Crippen LogP contribution < -0.4 is 0 Å².